The summed E-state index contributed by atoms with van der Waals surface area (Å²) in [7, 11) is 0. The van der Waals surface area contributed by atoms with Gasteiger partial charge in [0, 0.05) is 39.7 Å². The molecule has 32 heavy (non-hydrogen) atoms. The first-order chi connectivity index (χ1) is 15.3. The Hall–Kier alpha value is -2.59. The maximum absolute atomic E-state index is 10.3. The number of aromatic hydroxyl groups is 1. The lowest BCUT2D eigenvalue weighted by Crippen LogP contribution is -2.26. The van der Waals surface area contributed by atoms with E-state index in [0.29, 0.717) is 39.4 Å². The van der Waals surface area contributed by atoms with Crippen molar-refractivity contribution in [2.45, 2.75) is 25.8 Å². The Morgan fingerprint density at radius 3 is 2.84 bits per heavy atom. The highest BCUT2D eigenvalue weighted by atomic mass is 127. The van der Waals surface area contributed by atoms with E-state index in [4.69, 9.17) is 16.3 Å². The molecule has 0 spiro atoms. The molecule has 9 heteroatoms. The van der Waals surface area contributed by atoms with Crippen LogP contribution in [0, 0.1) is 3.83 Å². The van der Waals surface area contributed by atoms with Crippen LogP contribution in [-0.4, -0.2) is 37.8 Å². The Balaban J connectivity index is 1.38. The molecule has 3 heterocycles. The Labute approximate surface area is 204 Å². The van der Waals surface area contributed by atoms with Crippen LogP contribution in [0.3, 0.4) is 0 Å². The van der Waals surface area contributed by atoms with E-state index in [1.54, 1.807) is 6.07 Å². The minimum absolute atomic E-state index is 0.207. The third-order valence-corrected chi connectivity index (χ3v) is 6.23. The second kappa shape index (κ2) is 8.08. The van der Waals surface area contributed by atoms with E-state index in [0.717, 1.165) is 28.8 Å². The smallest absolute Gasteiger partial charge is 0.299 e. The lowest BCUT2D eigenvalue weighted by molar-refractivity contribution is 0.268. The van der Waals surface area contributed by atoms with Gasteiger partial charge in [-0.15, -0.1) is 0 Å². The number of phenolic OH excluding ortho intramolecular Hbond substituents is 1. The van der Waals surface area contributed by atoms with Crippen molar-refractivity contribution in [1.82, 2.24) is 19.5 Å². The van der Waals surface area contributed by atoms with Gasteiger partial charge >= 0.3 is 0 Å². The first-order valence-corrected chi connectivity index (χ1v) is 11.7. The number of hydrogen-bond donors (Lipinski definition) is 2. The van der Waals surface area contributed by atoms with Gasteiger partial charge in [0.1, 0.15) is 12.4 Å². The van der Waals surface area contributed by atoms with Crippen molar-refractivity contribution in [1.29, 1.82) is 0 Å². The van der Waals surface area contributed by atoms with Crippen molar-refractivity contribution in [2.75, 3.05) is 18.5 Å². The summed E-state index contributed by atoms with van der Waals surface area (Å²) in [5.41, 5.74) is 4.00. The quantitative estimate of drug-likeness (QED) is 0.256. The Bertz CT molecular complexity index is 1340. The number of nitrogens with zero attached hydrogens (tertiary/aromatic N) is 4. The third kappa shape index (κ3) is 3.86. The molecule has 1 aliphatic heterocycles. The van der Waals surface area contributed by atoms with Crippen molar-refractivity contribution >= 4 is 51.2 Å². The zero-order valence-corrected chi connectivity index (χ0v) is 20.5. The van der Waals surface area contributed by atoms with E-state index in [-0.39, 0.29) is 11.3 Å². The van der Waals surface area contributed by atoms with Crippen LogP contribution in [0.25, 0.3) is 22.3 Å². The fourth-order valence-corrected chi connectivity index (χ4v) is 4.59. The normalized spacial score (nSPS) is 14.4. The van der Waals surface area contributed by atoms with E-state index in [9.17, 15) is 5.11 Å². The minimum atomic E-state index is -0.207. The molecule has 2 aromatic carbocycles. The molecule has 0 bridgehead atoms. The molecule has 0 fully saturated rings. The van der Waals surface area contributed by atoms with Gasteiger partial charge in [-0.05, 0) is 55.7 Å². The second-order valence-electron chi connectivity index (χ2n) is 8.38. The molecule has 0 atom stereocenters. The van der Waals surface area contributed by atoms with Gasteiger partial charge in [0.25, 0.3) is 6.01 Å². The average Bonchev–Trinajstić information content (AvgIpc) is 3.26. The van der Waals surface area contributed by atoms with Gasteiger partial charge in [0.2, 0.25) is 0 Å². The summed E-state index contributed by atoms with van der Waals surface area (Å²) >= 11 is 8.25. The maximum Gasteiger partial charge on any atom is 0.299 e. The number of ether oxygens (including phenoxy) is 1. The second-order valence-corrected chi connectivity index (χ2v) is 9.78. The summed E-state index contributed by atoms with van der Waals surface area (Å²) < 4.78 is 8.45. The number of anilines is 1. The first kappa shape index (κ1) is 21.3. The predicted octanol–water partition coefficient (Wildman–Crippen LogP) is 5.24. The van der Waals surface area contributed by atoms with Crippen molar-refractivity contribution in [3.63, 3.8) is 0 Å². The number of benzene rings is 2. The molecule has 0 unspecified atom stereocenters. The van der Waals surface area contributed by atoms with Gasteiger partial charge in [-0.1, -0.05) is 29.8 Å². The first-order valence-electron chi connectivity index (χ1n) is 10.2. The molecule has 0 radical (unpaired) electrons. The SMILES string of the molecule is CC1(C)COc2nc3c(NCCc4ccc(O)c(-c5cccc(Cl)c5)c4)nc(I)nc3n21. The molecule has 2 aromatic heterocycles. The van der Waals surface area contributed by atoms with Crippen molar-refractivity contribution < 1.29 is 9.84 Å². The Morgan fingerprint density at radius 1 is 1.19 bits per heavy atom. The summed E-state index contributed by atoms with van der Waals surface area (Å²) in [5.74, 6) is 0.917. The van der Waals surface area contributed by atoms with Crippen LogP contribution in [0.15, 0.2) is 42.5 Å². The molecule has 164 valence electrons. The minimum Gasteiger partial charge on any atom is -0.507 e. The summed E-state index contributed by atoms with van der Waals surface area (Å²) in [5, 5.41) is 14.4. The van der Waals surface area contributed by atoms with Crippen LogP contribution in [-0.2, 0) is 12.0 Å². The molecule has 0 aliphatic carbocycles. The standard InChI is InChI=1S/C23H21ClIN5O2/c1-23(2)12-32-22-27-18-19(28-21(25)29-20(18)30(22)23)26-9-8-13-6-7-17(31)16(10-13)14-4-3-5-15(24)11-14/h3-7,10-11,31H,8-9,12H2,1-2H3,(H,26,28,29). The number of fused-ring (bicyclic) bond motifs is 3. The van der Waals surface area contributed by atoms with Gasteiger partial charge in [0.15, 0.2) is 20.8 Å². The van der Waals surface area contributed by atoms with E-state index in [1.165, 1.54) is 0 Å². The number of rotatable bonds is 5. The van der Waals surface area contributed by atoms with Gasteiger partial charge in [-0.2, -0.15) is 4.98 Å². The Morgan fingerprint density at radius 2 is 2.03 bits per heavy atom. The molecule has 1 aliphatic rings. The number of halogens is 2. The number of nitrogens with one attached hydrogen (secondary N) is 1. The van der Waals surface area contributed by atoms with E-state index < -0.39 is 0 Å². The molecule has 7 nitrogen and oxygen atoms in total. The molecule has 0 saturated heterocycles. The largest absolute Gasteiger partial charge is 0.507 e. The van der Waals surface area contributed by atoms with Crippen LogP contribution >= 0.6 is 34.2 Å². The summed E-state index contributed by atoms with van der Waals surface area (Å²) in [6.45, 7) is 5.43. The van der Waals surface area contributed by atoms with Crippen molar-refractivity contribution in [3.8, 4) is 22.9 Å². The van der Waals surface area contributed by atoms with Crippen molar-refractivity contribution in [3.05, 3.63) is 56.9 Å². The molecule has 0 amide bonds. The highest BCUT2D eigenvalue weighted by Gasteiger charge is 2.36. The van der Waals surface area contributed by atoms with Gasteiger partial charge < -0.3 is 15.2 Å². The molecule has 5 rings (SSSR count). The molecule has 0 saturated carbocycles. The number of aromatic nitrogens is 4. The monoisotopic (exact) mass is 561 g/mol. The summed E-state index contributed by atoms with van der Waals surface area (Å²) in [6, 6.07) is 13.7. The third-order valence-electron chi connectivity index (χ3n) is 5.51. The topological polar surface area (TPSA) is 85.1 Å². The fraction of sp³-hybridized carbons (Fsp3) is 0.261. The summed E-state index contributed by atoms with van der Waals surface area (Å²) in [4.78, 5) is 13.8. The lowest BCUT2D eigenvalue weighted by atomic mass is 10.0. The molecule has 2 N–H and O–H groups in total. The Kier molecular flexibility index (Phi) is 5.37. The predicted molar refractivity (Wildman–Crippen MR) is 134 cm³/mol. The average molecular weight is 562 g/mol. The number of hydrogen-bond acceptors (Lipinski definition) is 6. The van der Waals surface area contributed by atoms with Gasteiger partial charge in [0.05, 0.1) is 5.54 Å². The fourth-order valence-electron chi connectivity index (χ4n) is 3.93. The zero-order chi connectivity index (χ0) is 22.5. The van der Waals surface area contributed by atoms with E-state index in [2.05, 4.69) is 56.7 Å². The van der Waals surface area contributed by atoms with Gasteiger partial charge in [-0.25, -0.2) is 9.97 Å². The molecular weight excluding hydrogens is 541 g/mol. The van der Waals surface area contributed by atoms with E-state index >= 15 is 0 Å². The van der Waals surface area contributed by atoms with Crippen LogP contribution in [0.5, 0.6) is 11.8 Å². The highest BCUT2D eigenvalue weighted by Crippen LogP contribution is 2.36. The highest BCUT2D eigenvalue weighted by molar-refractivity contribution is 14.1. The maximum atomic E-state index is 10.3. The zero-order valence-electron chi connectivity index (χ0n) is 17.6. The van der Waals surface area contributed by atoms with Crippen LogP contribution in [0.4, 0.5) is 5.82 Å². The van der Waals surface area contributed by atoms with Crippen molar-refractivity contribution in [2.24, 2.45) is 0 Å². The van der Waals surface area contributed by atoms with Gasteiger partial charge in [-0.3, -0.25) is 4.57 Å². The molecule has 4 aromatic rings. The van der Waals surface area contributed by atoms with E-state index in [1.807, 2.05) is 41.0 Å². The van der Waals surface area contributed by atoms with Crippen LogP contribution in [0.1, 0.15) is 19.4 Å². The number of imidazole rings is 1. The van der Waals surface area contributed by atoms with Crippen LogP contribution < -0.4 is 10.1 Å². The molecular formula is C23H21ClIN5O2. The lowest BCUT2D eigenvalue weighted by Gasteiger charge is -2.18. The number of phenols is 1. The summed E-state index contributed by atoms with van der Waals surface area (Å²) in [6.07, 6.45) is 0.742. The van der Waals surface area contributed by atoms with Crippen LogP contribution in [0.2, 0.25) is 5.02 Å².